The first-order valence-electron chi connectivity index (χ1n) is 6.43. The van der Waals surface area contributed by atoms with Crippen LogP contribution in [-0.2, 0) is 19.4 Å². The number of halogens is 2. The summed E-state index contributed by atoms with van der Waals surface area (Å²) in [6.45, 7) is 5.09. The van der Waals surface area contributed by atoms with Crippen LogP contribution in [0.1, 0.15) is 38.1 Å². The van der Waals surface area contributed by atoms with Crippen LogP contribution in [0.25, 0.3) is 0 Å². The second-order valence-corrected chi connectivity index (χ2v) is 5.45. The molecule has 1 unspecified atom stereocenters. The van der Waals surface area contributed by atoms with Gasteiger partial charge in [-0.2, -0.15) is 5.10 Å². The molecule has 0 aliphatic rings. The zero-order valence-electron chi connectivity index (χ0n) is 11.0. The summed E-state index contributed by atoms with van der Waals surface area (Å²) in [5, 5.41) is 4.59. The minimum Gasteiger partial charge on any atom is -0.271 e. The van der Waals surface area contributed by atoms with Gasteiger partial charge in [0.15, 0.2) is 0 Å². The molecule has 0 bridgehead atoms. The maximum atomic E-state index is 5.73. The highest BCUT2D eigenvalue weighted by atomic mass is 79.9. The Kier molecular flexibility index (Phi) is 7.22. The number of nitrogens with two attached hydrogens (primary N) is 1. The molecule has 18 heavy (non-hydrogen) atoms. The molecule has 0 saturated heterocycles. The van der Waals surface area contributed by atoms with Gasteiger partial charge in [-0.15, -0.1) is 11.6 Å². The van der Waals surface area contributed by atoms with E-state index in [4.69, 9.17) is 17.4 Å². The summed E-state index contributed by atoms with van der Waals surface area (Å²) < 4.78 is 3.17. The summed E-state index contributed by atoms with van der Waals surface area (Å²) in [6.07, 6.45) is 3.75. The fourth-order valence-electron chi connectivity index (χ4n) is 2.01. The van der Waals surface area contributed by atoms with Crippen LogP contribution in [-0.4, -0.2) is 21.7 Å². The predicted molar refractivity (Wildman–Crippen MR) is 79.7 cm³/mol. The van der Waals surface area contributed by atoms with Gasteiger partial charge in [0.05, 0.1) is 15.9 Å². The Morgan fingerprint density at radius 2 is 2.22 bits per heavy atom. The summed E-state index contributed by atoms with van der Waals surface area (Å²) in [5.74, 6) is 6.28. The highest BCUT2D eigenvalue weighted by Crippen LogP contribution is 2.24. The lowest BCUT2D eigenvalue weighted by molar-refractivity contribution is 0.467. The van der Waals surface area contributed by atoms with Crippen LogP contribution in [0.15, 0.2) is 4.47 Å². The van der Waals surface area contributed by atoms with Crippen molar-refractivity contribution in [3.8, 4) is 0 Å². The zero-order valence-corrected chi connectivity index (χ0v) is 13.4. The predicted octanol–water partition coefficient (Wildman–Crippen LogP) is 2.62. The summed E-state index contributed by atoms with van der Waals surface area (Å²) in [5.41, 5.74) is 5.20. The van der Waals surface area contributed by atoms with E-state index in [1.807, 2.05) is 4.68 Å². The lowest BCUT2D eigenvalue weighted by Gasteiger charge is -2.16. The van der Waals surface area contributed by atoms with E-state index in [9.17, 15) is 0 Å². The summed E-state index contributed by atoms with van der Waals surface area (Å²) in [6, 6.07) is 0.242. The van der Waals surface area contributed by atoms with Gasteiger partial charge in [0.2, 0.25) is 0 Å². The molecule has 4 nitrogen and oxygen atoms in total. The number of alkyl halides is 1. The van der Waals surface area contributed by atoms with Gasteiger partial charge in [0, 0.05) is 24.9 Å². The largest absolute Gasteiger partial charge is 0.271 e. The number of nitrogens with one attached hydrogen (secondary N) is 1. The lowest BCUT2D eigenvalue weighted by Crippen LogP contribution is -2.37. The van der Waals surface area contributed by atoms with Crippen LogP contribution in [0.3, 0.4) is 0 Å². The minimum atomic E-state index is 0.242. The number of nitrogens with zero attached hydrogens (tertiary/aromatic N) is 2. The Bertz CT molecular complexity index is 367. The molecule has 1 rings (SSSR count). The summed E-state index contributed by atoms with van der Waals surface area (Å²) >= 11 is 9.38. The van der Waals surface area contributed by atoms with E-state index in [1.54, 1.807) is 0 Å². The molecule has 0 aliphatic heterocycles. The molecule has 0 saturated carbocycles. The topological polar surface area (TPSA) is 55.9 Å². The molecule has 0 aromatic carbocycles. The zero-order chi connectivity index (χ0) is 13.5. The lowest BCUT2D eigenvalue weighted by atomic mass is 10.1. The van der Waals surface area contributed by atoms with Crippen molar-refractivity contribution in [2.24, 2.45) is 5.84 Å². The van der Waals surface area contributed by atoms with Crippen molar-refractivity contribution in [3.05, 3.63) is 15.9 Å². The molecule has 6 heteroatoms. The Balaban J connectivity index is 2.83. The van der Waals surface area contributed by atoms with E-state index >= 15 is 0 Å². The Morgan fingerprint density at radius 3 is 2.72 bits per heavy atom. The average Bonchev–Trinajstić information content (AvgIpc) is 2.70. The van der Waals surface area contributed by atoms with Gasteiger partial charge in [0.1, 0.15) is 0 Å². The first-order chi connectivity index (χ1) is 8.67. The van der Waals surface area contributed by atoms with Crippen molar-refractivity contribution < 1.29 is 0 Å². The number of aromatic nitrogens is 2. The summed E-state index contributed by atoms with van der Waals surface area (Å²) in [4.78, 5) is 0. The second kappa shape index (κ2) is 8.15. The van der Waals surface area contributed by atoms with E-state index in [1.165, 1.54) is 5.69 Å². The third-order valence-electron chi connectivity index (χ3n) is 3.06. The van der Waals surface area contributed by atoms with Crippen LogP contribution < -0.4 is 11.3 Å². The standard InChI is InChI=1S/C12H22BrClN4/c1-3-10-12(13)11(18(4-2)17-10)8-9(16-15)6-5-7-14/h9,16H,3-8,15H2,1-2H3. The molecular weight excluding hydrogens is 316 g/mol. The SMILES string of the molecule is CCc1nn(CC)c(CC(CCCCl)NN)c1Br. The number of hydrogen-bond donors (Lipinski definition) is 2. The number of hydrazine groups is 1. The van der Waals surface area contributed by atoms with Gasteiger partial charge in [-0.25, -0.2) is 0 Å². The van der Waals surface area contributed by atoms with Crippen molar-refractivity contribution in [2.45, 2.75) is 52.1 Å². The third-order valence-corrected chi connectivity index (χ3v) is 4.24. The van der Waals surface area contributed by atoms with Crippen LogP contribution >= 0.6 is 27.5 Å². The Morgan fingerprint density at radius 1 is 1.50 bits per heavy atom. The molecule has 1 heterocycles. The van der Waals surface area contributed by atoms with Crippen LogP contribution in [0, 0.1) is 0 Å². The van der Waals surface area contributed by atoms with E-state index in [0.717, 1.165) is 42.4 Å². The van der Waals surface area contributed by atoms with Gasteiger partial charge in [-0.1, -0.05) is 6.92 Å². The molecule has 3 N–H and O–H groups in total. The third kappa shape index (κ3) is 3.95. The second-order valence-electron chi connectivity index (χ2n) is 4.28. The van der Waals surface area contributed by atoms with Crippen molar-refractivity contribution in [1.29, 1.82) is 0 Å². The quantitative estimate of drug-likeness (QED) is 0.435. The maximum Gasteiger partial charge on any atom is 0.0766 e. The average molecular weight is 338 g/mol. The molecule has 1 aromatic rings. The van der Waals surface area contributed by atoms with E-state index in [2.05, 4.69) is 40.3 Å². The van der Waals surface area contributed by atoms with E-state index in [0.29, 0.717) is 5.88 Å². The monoisotopic (exact) mass is 336 g/mol. The smallest absolute Gasteiger partial charge is 0.0766 e. The van der Waals surface area contributed by atoms with Crippen molar-refractivity contribution >= 4 is 27.5 Å². The Hall–Kier alpha value is -0.100. The normalized spacial score (nSPS) is 12.9. The van der Waals surface area contributed by atoms with Gasteiger partial charge in [0.25, 0.3) is 0 Å². The number of aryl methyl sites for hydroxylation is 2. The highest BCUT2D eigenvalue weighted by molar-refractivity contribution is 9.10. The van der Waals surface area contributed by atoms with E-state index < -0.39 is 0 Å². The molecule has 1 atom stereocenters. The fraction of sp³-hybridized carbons (Fsp3) is 0.750. The molecule has 0 radical (unpaired) electrons. The van der Waals surface area contributed by atoms with Crippen molar-refractivity contribution in [3.63, 3.8) is 0 Å². The molecule has 0 aliphatic carbocycles. The Labute approximate surface area is 122 Å². The molecular formula is C12H22BrClN4. The highest BCUT2D eigenvalue weighted by Gasteiger charge is 2.17. The number of rotatable bonds is 8. The van der Waals surface area contributed by atoms with Gasteiger partial charge in [-0.3, -0.25) is 16.0 Å². The van der Waals surface area contributed by atoms with Crippen LogP contribution in [0.5, 0.6) is 0 Å². The maximum absolute atomic E-state index is 5.73. The first kappa shape index (κ1) is 16.0. The van der Waals surface area contributed by atoms with Gasteiger partial charge >= 0.3 is 0 Å². The van der Waals surface area contributed by atoms with Gasteiger partial charge < -0.3 is 0 Å². The van der Waals surface area contributed by atoms with Crippen molar-refractivity contribution in [1.82, 2.24) is 15.2 Å². The molecule has 104 valence electrons. The molecule has 0 spiro atoms. The molecule has 1 aromatic heterocycles. The number of hydrogen-bond acceptors (Lipinski definition) is 3. The van der Waals surface area contributed by atoms with Crippen LogP contribution in [0.4, 0.5) is 0 Å². The van der Waals surface area contributed by atoms with Crippen LogP contribution in [0.2, 0.25) is 0 Å². The summed E-state index contributed by atoms with van der Waals surface area (Å²) in [7, 11) is 0. The fourth-order valence-corrected chi connectivity index (χ4v) is 2.89. The van der Waals surface area contributed by atoms with E-state index in [-0.39, 0.29) is 6.04 Å². The minimum absolute atomic E-state index is 0.242. The van der Waals surface area contributed by atoms with Gasteiger partial charge in [-0.05, 0) is 42.1 Å². The van der Waals surface area contributed by atoms with Crippen molar-refractivity contribution in [2.75, 3.05) is 5.88 Å². The molecule has 0 amide bonds. The molecule has 0 fully saturated rings. The first-order valence-corrected chi connectivity index (χ1v) is 7.76.